The van der Waals surface area contributed by atoms with Gasteiger partial charge in [0.1, 0.15) is 6.10 Å². The zero-order valence-corrected chi connectivity index (χ0v) is 11.6. The lowest BCUT2D eigenvalue weighted by Gasteiger charge is -2.50. The summed E-state index contributed by atoms with van der Waals surface area (Å²) in [5.74, 6) is -15.3. The lowest BCUT2D eigenvalue weighted by atomic mass is 9.87. The molecular weight excluding hydrogens is 360 g/mol. The molecule has 0 amide bonds. The van der Waals surface area contributed by atoms with Gasteiger partial charge in [-0.2, -0.15) is 25.2 Å². The predicted octanol–water partition coefficient (Wildman–Crippen LogP) is -5.33. The van der Waals surface area contributed by atoms with Crippen molar-refractivity contribution in [3.05, 3.63) is 0 Å². The molecule has 16 heteroatoms. The summed E-state index contributed by atoms with van der Waals surface area (Å²) in [7, 11) is -10.4. The first-order valence-electron chi connectivity index (χ1n) is 5.25. The Morgan fingerprint density at radius 1 is 0.818 bits per heavy atom. The topological polar surface area (TPSA) is 216 Å². The van der Waals surface area contributed by atoms with Crippen molar-refractivity contribution in [3.8, 4) is 0 Å². The minimum absolute atomic E-state index is 1.33. The van der Waals surface area contributed by atoms with Crippen LogP contribution in [0.25, 0.3) is 0 Å². The standard InChI is InChI=1S/C6H8O14S2/c7-1-2-3(8)4(9,18-21(12,13)17-3)5(10)6(11,16-2)20-22(14,15)19-5/h2,7-11H,1H2/t2-,3+,4+,5-,6?/m1/s1. The second kappa shape index (κ2) is 3.94. The molecule has 22 heavy (non-hydrogen) atoms. The predicted molar refractivity (Wildman–Crippen MR) is 53.9 cm³/mol. The van der Waals surface area contributed by atoms with Crippen LogP contribution in [0, 0.1) is 0 Å². The number of hydrogen-bond donors (Lipinski definition) is 5. The van der Waals surface area contributed by atoms with E-state index in [1.807, 2.05) is 0 Å². The monoisotopic (exact) mass is 368 g/mol. The molecule has 14 nitrogen and oxygen atoms in total. The third-order valence-electron chi connectivity index (χ3n) is 3.17. The van der Waals surface area contributed by atoms with Gasteiger partial charge >= 0.3 is 38.3 Å². The van der Waals surface area contributed by atoms with Crippen LogP contribution in [0.2, 0.25) is 0 Å². The number of hydrogen-bond acceptors (Lipinski definition) is 14. The summed E-state index contributed by atoms with van der Waals surface area (Å²) in [4.78, 5) is 0. The molecule has 0 spiro atoms. The van der Waals surface area contributed by atoms with Crippen LogP contribution in [-0.4, -0.2) is 78.4 Å². The van der Waals surface area contributed by atoms with Crippen molar-refractivity contribution in [3.63, 3.8) is 0 Å². The number of rotatable bonds is 1. The lowest BCUT2D eigenvalue weighted by molar-refractivity contribution is -0.552. The van der Waals surface area contributed by atoms with E-state index in [0.717, 1.165) is 0 Å². The van der Waals surface area contributed by atoms with Gasteiger partial charge in [-0.3, -0.25) is 0 Å². The summed E-state index contributed by atoms with van der Waals surface area (Å²) in [6.45, 7) is -1.33. The Bertz CT molecular complexity index is 728. The molecule has 1 unspecified atom stereocenters. The van der Waals surface area contributed by atoms with E-state index in [1.165, 1.54) is 0 Å². The van der Waals surface area contributed by atoms with E-state index in [0.29, 0.717) is 0 Å². The summed E-state index contributed by atoms with van der Waals surface area (Å²) >= 11 is 0. The first-order chi connectivity index (χ1) is 9.74. The van der Waals surface area contributed by atoms with Crippen LogP contribution in [0.15, 0.2) is 0 Å². The first-order valence-corrected chi connectivity index (χ1v) is 7.91. The highest BCUT2D eigenvalue weighted by atomic mass is 32.3. The van der Waals surface area contributed by atoms with E-state index < -0.39 is 56.8 Å². The van der Waals surface area contributed by atoms with Gasteiger partial charge in [-0.25, -0.2) is 8.37 Å². The summed E-state index contributed by atoms with van der Waals surface area (Å²) in [5, 5.41) is 49.3. The molecule has 0 saturated carbocycles. The van der Waals surface area contributed by atoms with Gasteiger partial charge < -0.3 is 30.3 Å². The quantitative estimate of drug-likeness (QED) is 0.292. The van der Waals surface area contributed by atoms with Crippen molar-refractivity contribution in [2.75, 3.05) is 6.61 Å². The lowest BCUT2D eigenvalue weighted by Crippen LogP contribution is -2.82. The fourth-order valence-corrected chi connectivity index (χ4v) is 4.29. The van der Waals surface area contributed by atoms with Gasteiger partial charge in [-0.1, -0.05) is 0 Å². The maximum atomic E-state index is 11.3. The van der Waals surface area contributed by atoms with E-state index in [1.54, 1.807) is 0 Å². The minimum atomic E-state index is -5.23. The second-order valence-corrected chi connectivity index (χ2v) is 6.80. The fraction of sp³-hybridized carbons (Fsp3) is 1.00. The van der Waals surface area contributed by atoms with Gasteiger partial charge in [-0.05, 0) is 0 Å². The maximum absolute atomic E-state index is 11.3. The largest absolute Gasteiger partial charge is 0.407 e. The molecule has 0 radical (unpaired) electrons. The Hall–Kier alpha value is -0.500. The Morgan fingerprint density at radius 2 is 1.32 bits per heavy atom. The molecule has 3 aliphatic rings. The molecule has 3 aliphatic heterocycles. The Balaban J connectivity index is 2.29. The SMILES string of the molecule is O=S1(=O)O[C@@]2(O)[C@@](O)(O1)[C@@H](CO)OC1(O)OS(=O)(=O)O[C@@]12O. The van der Waals surface area contributed by atoms with Crippen LogP contribution in [0.5, 0.6) is 0 Å². The Morgan fingerprint density at radius 3 is 1.86 bits per heavy atom. The van der Waals surface area contributed by atoms with Crippen molar-refractivity contribution in [2.24, 2.45) is 0 Å². The van der Waals surface area contributed by atoms with Crippen molar-refractivity contribution < 1.29 is 63.8 Å². The highest BCUT2D eigenvalue weighted by Crippen LogP contribution is 2.58. The average Bonchev–Trinajstić information content (AvgIpc) is 2.62. The van der Waals surface area contributed by atoms with Gasteiger partial charge in [0.25, 0.3) is 5.79 Å². The zero-order valence-electron chi connectivity index (χ0n) is 10.0. The smallest absolute Gasteiger partial charge is 0.393 e. The molecule has 0 aromatic rings. The van der Waals surface area contributed by atoms with Crippen LogP contribution in [-0.2, 0) is 42.3 Å². The molecular formula is C6H8O14S2. The molecule has 5 N–H and O–H groups in total. The van der Waals surface area contributed by atoms with Crippen LogP contribution < -0.4 is 0 Å². The molecule has 3 saturated heterocycles. The van der Waals surface area contributed by atoms with Crippen LogP contribution in [0.4, 0.5) is 0 Å². The molecule has 0 aromatic heterocycles. The average molecular weight is 368 g/mol. The van der Waals surface area contributed by atoms with Gasteiger partial charge in [0, 0.05) is 0 Å². The van der Waals surface area contributed by atoms with Gasteiger partial charge in [0.15, 0.2) is 0 Å². The highest BCUT2D eigenvalue weighted by Gasteiger charge is 2.91. The van der Waals surface area contributed by atoms with E-state index in [2.05, 4.69) is 21.5 Å². The third kappa shape index (κ3) is 1.66. The molecule has 5 atom stereocenters. The first kappa shape index (κ1) is 16.4. The molecule has 0 aromatic carbocycles. The number of aliphatic hydroxyl groups excluding tert-OH is 1. The molecule has 0 bridgehead atoms. The number of aliphatic hydroxyl groups is 5. The molecule has 0 aliphatic carbocycles. The van der Waals surface area contributed by atoms with Crippen LogP contribution in [0.3, 0.4) is 0 Å². The molecule has 3 rings (SSSR count). The Kier molecular flexibility index (Phi) is 2.93. The van der Waals surface area contributed by atoms with Crippen molar-refractivity contribution in [2.45, 2.75) is 29.4 Å². The second-order valence-electron chi connectivity index (χ2n) is 4.51. The molecule has 128 valence electrons. The van der Waals surface area contributed by atoms with E-state index in [-0.39, 0.29) is 0 Å². The van der Waals surface area contributed by atoms with Crippen molar-refractivity contribution in [1.29, 1.82) is 0 Å². The molecule has 3 heterocycles. The van der Waals surface area contributed by atoms with E-state index in [4.69, 9.17) is 5.11 Å². The van der Waals surface area contributed by atoms with Gasteiger partial charge in [0.2, 0.25) is 0 Å². The zero-order chi connectivity index (χ0) is 16.8. The summed E-state index contributed by atoms with van der Waals surface area (Å²) in [6.07, 6.45) is -2.34. The van der Waals surface area contributed by atoms with Crippen LogP contribution in [0.1, 0.15) is 0 Å². The normalized spacial score (nSPS) is 55.6. The van der Waals surface area contributed by atoms with Gasteiger partial charge in [0.05, 0.1) is 6.61 Å². The molecule has 3 fully saturated rings. The maximum Gasteiger partial charge on any atom is 0.407 e. The van der Waals surface area contributed by atoms with E-state index >= 15 is 0 Å². The highest BCUT2D eigenvalue weighted by molar-refractivity contribution is 7.82. The minimum Gasteiger partial charge on any atom is -0.393 e. The fourth-order valence-electron chi connectivity index (χ4n) is 2.22. The number of fused-ring (bicyclic) bond motifs is 3. The van der Waals surface area contributed by atoms with Crippen molar-refractivity contribution >= 4 is 20.8 Å². The number of ether oxygens (including phenoxy) is 1. The van der Waals surface area contributed by atoms with E-state index in [9.17, 15) is 37.3 Å². The summed E-state index contributed by atoms with van der Waals surface area (Å²) < 4.78 is 65.3. The summed E-state index contributed by atoms with van der Waals surface area (Å²) in [5.41, 5.74) is 0. The van der Waals surface area contributed by atoms with Gasteiger partial charge in [-0.15, -0.1) is 0 Å². The third-order valence-corrected chi connectivity index (χ3v) is 4.95. The summed E-state index contributed by atoms with van der Waals surface area (Å²) in [6, 6.07) is 0. The van der Waals surface area contributed by atoms with Crippen LogP contribution >= 0.6 is 0 Å². The van der Waals surface area contributed by atoms with Crippen molar-refractivity contribution in [1.82, 2.24) is 0 Å². The Labute approximate surface area is 121 Å².